The molecule has 1 aromatic rings. The van der Waals surface area contributed by atoms with Crippen molar-refractivity contribution in [2.75, 3.05) is 32.7 Å². The number of methoxy groups -OCH3 is 2. The maximum Gasteiger partial charge on any atom is 0.142 e. The second-order valence-corrected chi connectivity index (χ2v) is 4.42. The van der Waals surface area contributed by atoms with E-state index >= 15 is 0 Å². The molecule has 0 amide bonds. The van der Waals surface area contributed by atoms with Crippen molar-refractivity contribution >= 4 is 5.69 Å². The van der Waals surface area contributed by atoms with Crippen molar-refractivity contribution in [2.45, 2.75) is 25.4 Å². The van der Waals surface area contributed by atoms with Crippen molar-refractivity contribution in [1.29, 1.82) is 0 Å². The van der Waals surface area contributed by atoms with Crippen molar-refractivity contribution in [1.82, 2.24) is 0 Å². The Hall–Kier alpha value is -1.42. The zero-order valence-electron chi connectivity index (χ0n) is 11.1. The summed E-state index contributed by atoms with van der Waals surface area (Å²) in [5.41, 5.74) is 0.967. The molecule has 100 valence electrons. The first kappa shape index (κ1) is 13.0. The topological polar surface area (TPSA) is 39.7 Å². The van der Waals surface area contributed by atoms with E-state index in [9.17, 15) is 0 Å². The normalized spacial score (nSPS) is 18.7. The molecule has 0 bridgehead atoms. The summed E-state index contributed by atoms with van der Waals surface area (Å²) in [4.78, 5) is 0. The lowest BCUT2D eigenvalue weighted by molar-refractivity contribution is 0.107. The van der Waals surface area contributed by atoms with Crippen molar-refractivity contribution < 1.29 is 14.2 Å². The SMILES string of the molecule is COc1ccc(OC)c(NCCC2CCCO2)c1. The van der Waals surface area contributed by atoms with E-state index in [1.165, 1.54) is 12.8 Å². The summed E-state index contributed by atoms with van der Waals surface area (Å²) in [6.07, 6.45) is 3.80. The van der Waals surface area contributed by atoms with Gasteiger partial charge in [0.15, 0.2) is 0 Å². The van der Waals surface area contributed by atoms with E-state index in [1.54, 1.807) is 14.2 Å². The minimum atomic E-state index is 0.411. The van der Waals surface area contributed by atoms with Crippen LogP contribution in [0.1, 0.15) is 19.3 Å². The molecule has 4 nitrogen and oxygen atoms in total. The highest BCUT2D eigenvalue weighted by atomic mass is 16.5. The molecule has 1 unspecified atom stereocenters. The summed E-state index contributed by atoms with van der Waals surface area (Å²) in [5, 5.41) is 3.38. The highest BCUT2D eigenvalue weighted by Crippen LogP contribution is 2.29. The Bertz CT molecular complexity index is 375. The molecule has 4 heteroatoms. The number of benzene rings is 1. The van der Waals surface area contributed by atoms with E-state index in [0.29, 0.717) is 6.10 Å². The molecule has 1 N–H and O–H groups in total. The van der Waals surface area contributed by atoms with Crippen LogP contribution in [0.3, 0.4) is 0 Å². The van der Waals surface area contributed by atoms with Crippen LogP contribution in [0.15, 0.2) is 18.2 Å². The quantitative estimate of drug-likeness (QED) is 0.843. The second kappa shape index (κ2) is 6.50. The Morgan fingerprint density at radius 1 is 1.33 bits per heavy atom. The van der Waals surface area contributed by atoms with E-state index in [4.69, 9.17) is 14.2 Å². The van der Waals surface area contributed by atoms with Gasteiger partial charge in [-0.3, -0.25) is 0 Å². The fourth-order valence-electron chi connectivity index (χ4n) is 2.19. The molecule has 1 fully saturated rings. The molecule has 1 aromatic carbocycles. The molecule has 1 heterocycles. The Morgan fingerprint density at radius 2 is 2.22 bits per heavy atom. The van der Waals surface area contributed by atoms with Crippen LogP contribution in [-0.4, -0.2) is 33.5 Å². The largest absolute Gasteiger partial charge is 0.497 e. The number of hydrogen-bond acceptors (Lipinski definition) is 4. The van der Waals surface area contributed by atoms with Gasteiger partial charge in [-0.1, -0.05) is 0 Å². The Kier molecular flexibility index (Phi) is 4.70. The van der Waals surface area contributed by atoms with Crippen LogP contribution in [-0.2, 0) is 4.74 Å². The maximum absolute atomic E-state index is 5.60. The predicted molar refractivity (Wildman–Crippen MR) is 71.6 cm³/mol. The van der Waals surface area contributed by atoms with Crippen LogP contribution in [0.25, 0.3) is 0 Å². The first-order valence-corrected chi connectivity index (χ1v) is 6.41. The molecular weight excluding hydrogens is 230 g/mol. The average Bonchev–Trinajstić information content (AvgIpc) is 2.92. The van der Waals surface area contributed by atoms with Gasteiger partial charge in [0.05, 0.1) is 26.0 Å². The van der Waals surface area contributed by atoms with Crippen LogP contribution in [0.2, 0.25) is 0 Å². The third-order valence-electron chi connectivity index (χ3n) is 3.21. The fourth-order valence-corrected chi connectivity index (χ4v) is 2.19. The van der Waals surface area contributed by atoms with E-state index in [2.05, 4.69) is 5.32 Å². The lowest BCUT2D eigenvalue weighted by Crippen LogP contribution is -2.12. The summed E-state index contributed by atoms with van der Waals surface area (Å²) in [5.74, 6) is 1.67. The van der Waals surface area contributed by atoms with E-state index in [1.807, 2.05) is 18.2 Å². The van der Waals surface area contributed by atoms with Crippen LogP contribution in [0.4, 0.5) is 5.69 Å². The number of rotatable bonds is 6. The minimum Gasteiger partial charge on any atom is -0.497 e. The van der Waals surface area contributed by atoms with Crippen molar-refractivity contribution in [3.63, 3.8) is 0 Å². The third kappa shape index (κ3) is 3.29. The number of ether oxygens (including phenoxy) is 3. The van der Waals surface area contributed by atoms with Gasteiger partial charge in [-0.2, -0.15) is 0 Å². The summed E-state index contributed by atoms with van der Waals surface area (Å²) < 4.78 is 16.1. The summed E-state index contributed by atoms with van der Waals surface area (Å²) in [6.45, 7) is 1.79. The van der Waals surface area contributed by atoms with Gasteiger partial charge in [-0.15, -0.1) is 0 Å². The molecule has 0 radical (unpaired) electrons. The van der Waals surface area contributed by atoms with Gasteiger partial charge in [0, 0.05) is 19.2 Å². The third-order valence-corrected chi connectivity index (χ3v) is 3.21. The van der Waals surface area contributed by atoms with Crippen LogP contribution in [0, 0.1) is 0 Å². The highest BCUT2D eigenvalue weighted by Gasteiger charge is 2.15. The monoisotopic (exact) mass is 251 g/mol. The Morgan fingerprint density at radius 3 is 2.89 bits per heavy atom. The maximum atomic E-state index is 5.60. The van der Waals surface area contributed by atoms with Gasteiger partial charge in [0.25, 0.3) is 0 Å². The average molecular weight is 251 g/mol. The van der Waals surface area contributed by atoms with Gasteiger partial charge in [-0.05, 0) is 31.4 Å². The molecule has 1 atom stereocenters. The molecule has 0 spiro atoms. The van der Waals surface area contributed by atoms with Crippen LogP contribution in [0.5, 0.6) is 11.5 Å². The van der Waals surface area contributed by atoms with Crippen LogP contribution >= 0.6 is 0 Å². The standard InChI is InChI=1S/C14H21NO3/c1-16-12-5-6-14(17-2)13(10-12)15-8-7-11-4-3-9-18-11/h5-6,10-11,15H,3-4,7-9H2,1-2H3. The molecule has 0 saturated carbocycles. The summed E-state index contributed by atoms with van der Waals surface area (Å²) in [6, 6.07) is 5.76. The molecule has 0 aliphatic carbocycles. The van der Waals surface area contributed by atoms with E-state index in [-0.39, 0.29) is 0 Å². The van der Waals surface area contributed by atoms with Crippen molar-refractivity contribution in [3.05, 3.63) is 18.2 Å². The van der Waals surface area contributed by atoms with Gasteiger partial charge < -0.3 is 19.5 Å². The zero-order valence-corrected chi connectivity index (χ0v) is 11.1. The fraction of sp³-hybridized carbons (Fsp3) is 0.571. The number of nitrogens with one attached hydrogen (secondary N) is 1. The lowest BCUT2D eigenvalue weighted by atomic mass is 10.2. The highest BCUT2D eigenvalue weighted by molar-refractivity contribution is 5.59. The van der Waals surface area contributed by atoms with Gasteiger partial charge in [-0.25, -0.2) is 0 Å². The lowest BCUT2D eigenvalue weighted by Gasteiger charge is -2.14. The molecule has 18 heavy (non-hydrogen) atoms. The Labute approximate surface area is 108 Å². The smallest absolute Gasteiger partial charge is 0.142 e. The van der Waals surface area contributed by atoms with Crippen LogP contribution < -0.4 is 14.8 Å². The molecule has 1 aliphatic heterocycles. The predicted octanol–water partition coefficient (Wildman–Crippen LogP) is 2.68. The Balaban J connectivity index is 1.89. The van der Waals surface area contributed by atoms with Crippen molar-refractivity contribution in [3.8, 4) is 11.5 Å². The zero-order chi connectivity index (χ0) is 12.8. The van der Waals surface area contributed by atoms with E-state index in [0.717, 1.165) is 36.8 Å². The molecule has 2 rings (SSSR count). The second-order valence-electron chi connectivity index (χ2n) is 4.42. The van der Waals surface area contributed by atoms with Gasteiger partial charge in [0.2, 0.25) is 0 Å². The van der Waals surface area contributed by atoms with Gasteiger partial charge in [0.1, 0.15) is 11.5 Å². The molecular formula is C14H21NO3. The molecule has 1 aliphatic rings. The minimum absolute atomic E-state index is 0.411. The van der Waals surface area contributed by atoms with Crippen molar-refractivity contribution in [2.24, 2.45) is 0 Å². The van der Waals surface area contributed by atoms with Gasteiger partial charge >= 0.3 is 0 Å². The summed E-state index contributed by atoms with van der Waals surface area (Å²) in [7, 11) is 3.34. The first-order valence-electron chi connectivity index (χ1n) is 6.41. The number of anilines is 1. The summed E-state index contributed by atoms with van der Waals surface area (Å²) >= 11 is 0. The molecule has 0 aromatic heterocycles. The number of hydrogen-bond donors (Lipinski definition) is 1. The molecule has 1 saturated heterocycles. The van der Waals surface area contributed by atoms with E-state index < -0.39 is 0 Å². The first-order chi connectivity index (χ1) is 8.83.